The average Bonchev–Trinajstić information content (AvgIpc) is 2.00. The van der Waals surface area contributed by atoms with E-state index < -0.39 is 0 Å². The summed E-state index contributed by atoms with van der Waals surface area (Å²) in [5.41, 5.74) is 0.637. The fraction of sp³-hybridized carbons (Fsp3) is 1.00. The molecule has 68 valence electrons. The first kappa shape index (κ1) is 11.0. The highest BCUT2D eigenvalue weighted by Gasteiger charge is 2.27. The Hall–Kier alpha value is 0. The fourth-order valence-electron chi connectivity index (χ4n) is 1.67. The van der Waals surface area contributed by atoms with E-state index in [2.05, 4.69) is 20.8 Å². The molecule has 0 spiro atoms. The van der Waals surface area contributed by atoms with Crippen molar-refractivity contribution in [2.45, 2.75) is 60.3 Å². The lowest BCUT2D eigenvalue weighted by atomic mass is 9.70. The summed E-state index contributed by atoms with van der Waals surface area (Å²) in [5.74, 6) is 0.950. The second kappa shape index (κ2) is 4.79. The van der Waals surface area contributed by atoms with E-state index in [0.717, 1.165) is 5.92 Å². The van der Waals surface area contributed by atoms with Crippen LogP contribution in [-0.2, 0) is 0 Å². The second-order valence-corrected chi connectivity index (χ2v) is 4.14. The summed E-state index contributed by atoms with van der Waals surface area (Å²) < 4.78 is 0. The predicted octanol–water partition coefficient (Wildman–Crippen LogP) is 4.25. The summed E-state index contributed by atoms with van der Waals surface area (Å²) >= 11 is 0. The minimum absolute atomic E-state index is 0.637. The fourth-order valence-corrected chi connectivity index (χ4v) is 1.67. The third-order valence-corrected chi connectivity index (χ3v) is 3.04. The van der Waals surface area contributed by atoms with Gasteiger partial charge in [-0.05, 0) is 17.8 Å². The molecule has 0 bridgehead atoms. The minimum Gasteiger partial charge on any atom is -0.0683 e. The topological polar surface area (TPSA) is 0 Å². The Kier molecular flexibility index (Phi) is 4.79. The van der Waals surface area contributed by atoms with Gasteiger partial charge in [0.1, 0.15) is 0 Å². The standard InChI is InChI=1S/C9H18.C2H6/c1-8-6-4-5-7-9(8,2)3;1-2/h8H,4-7H2,1-3H3;1-2H3. The van der Waals surface area contributed by atoms with Gasteiger partial charge in [-0.2, -0.15) is 0 Å². The SMILES string of the molecule is CC.CC1CCCCC1(C)C. The number of hydrogen-bond acceptors (Lipinski definition) is 0. The first-order valence-corrected chi connectivity index (χ1v) is 5.13. The van der Waals surface area contributed by atoms with Crippen molar-refractivity contribution in [3.8, 4) is 0 Å². The van der Waals surface area contributed by atoms with Crippen LogP contribution in [0.1, 0.15) is 60.3 Å². The third-order valence-electron chi connectivity index (χ3n) is 3.04. The molecule has 1 unspecified atom stereocenters. The van der Waals surface area contributed by atoms with Crippen LogP contribution < -0.4 is 0 Å². The number of rotatable bonds is 0. The smallest absolute Gasteiger partial charge is 0.0329 e. The summed E-state index contributed by atoms with van der Waals surface area (Å²) in [4.78, 5) is 0. The van der Waals surface area contributed by atoms with Gasteiger partial charge in [-0.15, -0.1) is 0 Å². The van der Waals surface area contributed by atoms with E-state index in [0.29, 0.717) is 5.41 Å². The molecule has 0 N–H and O–H groups in total. The Bertz CT molecular complexity index is 92.2. The van der Waals surface area contributed by atoms with E-state index >= 15 is 0 Å². The molecule has 1 rings (SSSR count). The zero-order chi connectivity index (χ0) is 8.91. The average molecular weight is 156 g/mol. The molecule has 1 fully saturated rings. The Labute approximate surface area is 72.4 Å². The lowest BCUT2D eigenvalue weighted by molar-refractivity contribution is 0.154. The molecule has 0 aromatic heterocycles. The van der Waals surface area contributed by atoms with Crippen LogP contribution in [0.4, 0.5) is 0 Å². The van der Waals surface area contributed by atoms with Crippen molar-refractivity contribution in [2.24, 2.45) is 11.3 Å². The monoisotopic (exact) mass is 156 g/mol. The minimum atomic E-state index is 0.637. The van der Waals surface area contributed by atoms with Crippen molar-refractivity contribution in [2.75, 3.05) is 0 Å². The first-order chi connectivity index (χ1) is 5.13. The normalized spacial score (nSPS) is 28.6. The summed E-state index contributed by atoms with van der Waals surface area (Å²) in [7, 11) is 0. The maximum atomic E-state index is 2.40. The zero-order valence-corrected chi connectivity index (χ0v) is 8.91. The summed E-state index contributed by atoms with van der Waals surface area (Å²) in [6.45, 7) is 11.2. The highest BCUT2D eigenvalue weighted by molar-refractivity contribution is 4.79. The van der Waals surface area contributed by atoms with Gasteiger partial charge < -0.3 is 0 Å². The van der Waals surface area contributed by atoms with E-state index in [1.54, 1.807) is 0 Å². The molecule has 0 nitrogen and oxygen atoms in total. The van der Waals surface area contributed by atoms with Crippen molar-refractivity contribution in [3.05, 3.63) is 0 Å². The lowest BCUT2D eigenvalue weighted by Gasteiger charge is -2.36. The Morgan fingerprint density at radius 3 is 1.91 bits per heavy atom. The van der Waals surface area contributed by atoms with Gasteiger partial charge in [0.2, 0.25) is 0 Å². The van der Waals surface area contributed by atoms with Crippen molar-refractivity contribution in [1.29, 1.82) is 0 Å². The van der Waals surface area contributed by atoms with Crippen LogP contribution in [-0.4, -0.2) is 0 Å². The van der Waals surface area contributed by atoms with Crippen LogP contribution in [0.3, 0.4) is 0 Å². The predicted molar refractivity (Wildman–Crippen MR) is 52.8 cm³/mol. The lowest BCUT2D eigenvalue weighted by Crippen LogP contribution is -2.24. The van der Waals surface area contributed by atoms with Crippen LogP contribution in [0, 0.1) is 11.3 Å². The molecule has 1 aliphatic carbocycles. The van der Waals surface area contributed by atoms with E-state index in [1.807, 2.05) is 13.8 Å². The molecule has 1 atom stereocenters. The van der Waals surface area contributed by atoms with Crippen molar-refractivity contribution in [1.82, 2.24) is 0 Å². The van der Waals surface area contributed by atoms with Gasteiger partial charge in [0.05, 0.1) is 0 Å². The Morgan fingerprint density at radius 1 is 1.09 bits per heavy atom. The molecule has 0 amide bonds. The molecule has 0 heteroatoms. The Morgan fingerprint density at radius 2 is 1.64 bits per heavy atom. The molecule has 0 aliphatic heterocycles. The summed E-state index contributed by atoms with van der Waals surface area (Å²) in [6.07, 6.45) is 5.81. The van der Waals surface area contributed by atoms with Gasteiger partial charge in [0.25, 0.3) is 0 Å². The summed E-state index contributed by atoms with van der Waals surface area (Å²) in [6, 6.07) is 0. The molecule has 11 heavy (non-hydrogen) atoms. The molecule has 0 aromatic rings. The summed E-state index contributed by atoms with van der Waals surface area (Å²) in [5, 5.41) is 0. The molecule has 1 saturated carbocycles. The Balaban J connectivity index is 0.000000461. The van der Waals surface area contributed by atoms with Crippen LogP contribution in [0.5, 0.6) is 0 Å². The van der Waals surface area contributed by atoms with Crippen LogP contribution in [0.2, 0.25) is 0 Å². The molecule has 0 aromatic carbocycles. The van der Waals surface area contributed by atoms with Crippen LogP contribution in [0.25, 0.3) is 0 Å². The molecular formula is C11H24. The van der Waals surface area contributed by atoms with Crippen LogP contribution >= 0.6 is 0 Å². The molecule has 1 aliphatic rings. The molecule has 0 saturated heterocycles. The zero-order valence-electron chi connectivity index (χ0n) is 8.91. The number of hydrogen-bond donors (Lipinski definition) is 0. The third kappa shape index (κ3) is 3.27. The van der Waals surface area contributed by atoms with Crippen molar-refractivity contribution in [3.63, 3.8) is 0 Å². The van der Waals surface area contributed by atoms with E-state index in [4.69, 9.17) is 0 Å². The maximum Gasteiger partial charge on any atom is -0.0329 e. The van der Waals surface area contributed by atoms with Crippen LogP contribution in [0.15, 0.2) is 0 Å². The van der Waals surface area contributed by atoms with Crippen molar-refractivity contribution >= 4 is 0 Å². The van der Waals surface area contributed by atoms with Crippen molar-refractivity contribution < 1.29 is 0 Å². The van der Waals surface area contributed by atoms with Gasteiger partial charge >= 0.3 is 0 Å². The highest BCUT2D eigenvalue weighted by atomic mass is 14.3. The highest BCUT2D eigenvalue weighted by Crippen LogP contribution is 2.39. The quantitative estimate of drug-likeness (QED) is 0.492. The van der Waals surface area contributed by atoms with Gasteiger partial charge in [-0.25, -0.2) is 0 Å². The maximum absolute atomic E-state index is 2.40. The second-order valence-electron chi connectivity index (χ2n) is 4.14. The van der Waals surface area contributed by atoms with Gasteiger partial charge in [0, 0.05) is 0 Å². The van der Waals surface area contributed by atoms with E-state index in [-0.39, 0.29) is 0 Å². The van der Waals surface area contributed by atoms with Gasteiger partial charge in [-0.1, -0.05) is 53.9 Å². The van der Waals surface area contributed by atoms with Gasteiger partial charge in [-0.3, -0.25) is 0 Å². The molecular weight excluding hydrogens is 132 g/mol. The molecule has 0 heterocycles. The van der Waals surface area contributed by atoms with E-state index in [9.17, 15) is 0 Å². The molecule has 0 radical (unpaired) electrons. The van der Waals surface area contributed by atoms with Gasteiger partial charge in [0.15, 0.2) is 0 Å². The largest absolute Gasteiger partial charge is 0.0683 e. The van der Waals surface area contributed by atoms with E-state index in [1.165, 1.54) is 25.7 Å². The first-order valence-electron chi connectivity index (χ1n) is 5.13.